The summed E-state index contributed by atoms with van der Waals surface area (Å²) in [6.07, 6.45) is 5.34. The van der Waals surface area contributed by atoms with Crippen molar-refractivity contribution in [1.82, 2.24) is 15.1 Å². The maximum Gasteiger partial charge on any atom is 0.0589 e. The molecule has 112 valence electrons. The monoisotopic (exact) mass is 269 g/mol. The van der Waals surface area contributed by atoms with Crippen LogP contribution in [-0.4, -0.2) is 74.9 Å². The van der Waals surface area contributed by atoms with Crippen LogP contribution in [0.3, 0.4) is 0 Å². The number of hydrogen-bond donors (Lipinski definition) is 1. The zero-order chi connectivity index (χ0) is 13.5. The first-order chi connectivity index (χ1) is 9.33. The Hall–Kier alpha value is -0.160. The van der Waals surface area contributed by atoms with Gasteiger partial charge in [-0.2, -0.15) is 0 Å². The van der Waals surface area contributed by atoms with Gasteiger partial charge >= 0.3 is 0 Å². The smallest absolute Gasteiger partial charge is 0.0589 e. The summed E-state index contributed by atoms with van der Waals surface area (Å²) in [5, 5.41) is 3.63. The molecule has 1 N–H and O–H groups in total. The van der Waals surface area contributed by atoms with Crippen molar-refractivity contribution in [3.8, 4) is 0 Å². The first kappa shape index (κ1) is 15.2. The Morgan fingerprint density at radius 1 is 1.26 bits per heavy atom. The molecule has 0 aromatic carbocycles. The van der Waals surface area contributed by atoms with E-state index in [-0.39, 0.29) is 0 Å². The number of rotatable bonds is 7. The number of hydrogen-bond acceptors (Lipinski definition) is 4. The molecule has 0 saturated carbocycles. The van der Waals surface area contributed by atoms with Crippen LogP contribution in [0, 0.1) is 0 Å². The fourth-order valence-electron chi connectivity index (χ4n) is 3.43. The van der Waals surface area contributed by atoms with E-state index >= 15 is 0 Å². The highest BCUT2D eigenvalue weighted by Gasteiger charge is 2.26. The summed E-state index contributed by atoms with van der Waals surface area (Å²) in [6, 6.07) is 1.47. The van der Waals surface area contributed by atoms with Gasteiger partial charge in [-0.1, -0.05) is 6.92 Å². The van der Waals surface area contributed by atoms with Crippen LogP contribution in [0.25, 0.3) is 0 Å². The van der Waals surface area contributed by atoms with Gasteiger partial charge in [0.2, 0.25) is 0 Å². The molecule has 4 heteroatoms. The highest BCUT2D eigenvalue weighted by atomic mass is 16.5. The summed E-state index contributed by atoms with van der Waals surface area (Å²) >= 11 is 0. The Balaban J connectivity index is 1.81. The molecule has 0 bridgehead atoms. The first-order valence-electron chi connectivity index (χ1n) is 8.02. The summed E-state index contributed by atoms with van der Waals surface area (Å²) < 4.78 is 5.30. The maximum absolute atomic E-state index is 5.30. The van der Waals surface area contributed by atoms with E-state index in [1.165, 1.54) is 58.4 Å². The largest absolute Gasteiger partial charge is 0.383 e. The predicted octanol–water partition coefficient (Wildman–Crippen LogP) is 1.17. The average molecular weight is 269 g/mol. The van der Waals surface area contributed by atoms with E-state index in [2.05, 4.69) is 22.0 Å². The minimum absolute atomic E-state index is 0.709. The zero-order valence-corrected chi connectivity index (χ0v) is 12.7. The summed E-state index contributed by atoms with van der Waals surface area (Å²) in [4.78, 5) is 5.25. The molecule has 2 saturated heterocycles. The van der Waals surface area contributed by atoms with Gasteiger partial charge in [0, 0.05) is 32.3 Å². The SMILES string of the molecule is CCN1CCC(N(CCOC)CC2CCCN2)CC1. The molecule has 0 amide bonds. The molecule has 4 nitrogen and oxygen atoms in total. The van der Waals surface area contributed by atoms with E-state index in [9.17, 15) is 0 Å². The van der Waals surface area contributed by atoms with Crippen molar-refractivity contribution < 1.29 is 4.74 Å². The van der Waals surface area contributed by atoms with Crippen LogP contribution in [0.15, 0.2) is 0 Å². The average Bonchev–Trinajstić information content (AvgIpc) is 2.96. The van der Waals surface area contributed by atoms with Crippen LogP contribution in [0.5, 0.6) is 0 Å². The Bertz CT molecular complexity index is 236. The third kappa shape index (κ3) is 4.71. The quantitative estimate of drug-likeness (QED) is 0.751. The lowest BCUT2D eigenvalue weighted by Crippen LogP contribution is -2.49. The molecule has 2 aliphatic rings. The second-order valence-corrected chi connectivity index (χ2v) is 5.95. The van der Waals surface area contributed by atoms with Crippen LogP contribution in [0.1, 0.15) is 32.6 Å². The van der Waals surface area contributed by atoms with Crippen molar-refractivity contribution in [1.29, 1.82) is 0 Å². The van der Waals surface area contributed by atoms with Crippen LogP contribution < -0.4 is 5.32 Å². The molecule has 1 atom stereocenters. The minimum Gasteiger partial charge on any atom is -0.383 e. The number of likely N-dealkylation sites (tertiary alicyclic amines) is 1. The Kier molecular flexibility index (Phi) is 6.57. The zero-order valence-electron chi connectivity index (χ0n) is 12.7. The summed E-state index contributed by atoms with van der Waals surface area (Å²) in [7, 11) is 1.81. The predicted molar refractivity (Wildman–Crippen MR) is 79.6 cm³/mol. The van der Waals surface area contributed by atoms with Crippen molar-refractivity contribution in [3.05, 3.63) is 0 Å². The molecular formula is C15H31N3O. The molecule has 2 aliphatic heterocycles. The van der Waals surface area contributed by atoms with Gasteiger partial charge in [-0.15, -0.1) is 0 Å². The molecule has 0 aliphatic carbocycles. The molecule has 0 spiro atoms. The van der Waals surface area contributed by atoms with Gasteiger partial charge in [0.25, 0.3) is 0 Å². The third-order valence-electron chi connectivity index (χ3n) is 4.72. The number of piperidine rings is 1. The molecule has 0 radical (unpaired) electrons. The van der Waals surface area contributed by atoms with E-state index in [4.69, 9.17) is 4.74 Å². The van der Waals surface area contributed by atoms with E-state index in [1.807, 2.05) is 7.11 Å². The van der Waals surface area contributed by atoms with Crippen molar-refractivity contribution in [2.24, 2.45) is 0 Å². The lowest BCUT2D eigenvalue weighted by atomic mass is 10.0. The van der Waals surface area contributed by atoms with Gasteiger partial charge in [0.15, 0.2) is 0 Å². The molecule has 2 fully saturated rings. The molecular weight excluding hydrogens is 238 g/mol. The number of methoxy groups -OCH3 is 1. The summed E-state index contributed by atoms with van der Waals surface area (Å²) in [6.45, 7) is 10.4. The van der Waals surface area contributed by atoms with Crippen molar-refractivity contribution >= 4 is 0 Å². The van der Waals surface area contributed by atoms with Gasteiger partial charge in [-0.3, -0.25) is 4.90 Å². The molecule has 0 aromatic rings. The van der Waals surface area contributed by atoms with Crippen LogP contribution in [-0.2, 0) is 4.74 Å². The Morgan fingerprint density at radius 2 is 2.05 bits per heavy atom. The second kappa shape index (κ2) is 8.20. The Morgan fingerprint density at radius 3 is 2.63 bits per heavy atom. The molecule has 2 heterocycles. The van der Waals surface area contributed by atoms with Crippen LogP contribution in [0.4, 0.5) is 0 Å². The van der Waals surface area contributed by atoms with Crippen molar-refractivity contribution in [2.45, 2.75) is 44.7 Å². The fraction of sp³-hybridized carbons (Fsp3) is 1.00. The summed E-state index contributed by atoms with van der Waals surface area (Å²) in [5.74, 6) is 0. The molecule has 2 rings (SSSR count). The highest BCUT2D eigenvalue weighted by molar-refractivity contribution is 4.84. The highest BCUT2D eigenvalue weighted by Crippen LogP contribution is 2.18. The normalized spacial score (nSPS) is 26.4. The van der Waals surface area contributed by atoms with E-state index < -0.39 is 0 Å². The number of nitrogens with one attached hydrogen (secondary N) is 1. The number of ether oxygens (including phenoxy) is 1. The first-order valence-corrected chi connectivity index (χ1v) is 8.02. The topological polar surface area (TPSA) is 27.7 Å². The van der Waals surface area contributed by atoms with Crippen LogP contribution in [0.2, 0.25) is 0 Å². The van der Waals surface area contributed by atoms with Crippen molar-refractivity contribution in [2.75, 3.05) is 53.0 Å². The summed E-state index contributed by atoms with van der Waals surface area (Å²) in [5.41, 5.74) is 0. The van der Waals surface area contributed by atoms with Gasteiger partial charge < -0.3 is 15.0 Å². The maximum atomic E-state index is 5.30. The molecule has 0 aromatic heterocycles. The number of nitrogens with zero attached hydrogens (tertiary/aromatic N) is 2. The second-order valence-electron chi connectivity index (χ2n) is 5.95. The molecule has 1 unspecified atom stereocenters. The van der Waals surface area contributed by atoms with Gasteiger partial charge in [0.05, 0.1) is 6.61 Å². The van der Waals surface area contributed by atoms with Crippen LogP contribution >= 0.6 is 0 Å². The molecule has 19 heavy (non-hydrogen) atoms. The lowest BCUT2D eigenvalue weighted by Gasteiger charge is -2.39. The van der Waals surface area contributed by atoms with Gasteiger partial charge in [-0.25, -0.2) is 0 Å². The lowest BCUT2D eigenvalue weighted by molar-refractivity contribution is 0.0747. The fourth-order valence-corrected chi connectivity index (χ4v) is 3.43. The standard InChI is InChI=1S/C15H31N3O/c1-3-17-9-6-15(7-10-17)18(11-12-19-2)13-14-5-4-8-16-14/h14-16H,3-13H2,1-2H3. The van der Waals surface area contributed by atoms with Crippen molar-refractivity contribution in [3.63, 3.8) is 0 Å². The third-order valence-corrected chi connectivity index (χ3v) is 4.72. The Labute approximate surface area is 118 Å². The van der Waals surface area contributed by atoms with Gasteiger partial charge in [-0.05, 0) is 51.9 Å². The van der Waals surface area contributed by atoms with Gasteiger partial charge in [0.1, 0.15) is 0 Å². The van der Waals surface area contributed by atoms with E-state index in [1.54, 1.807) is 0 Å². The van der Waals surface area contributed by atoms with E-state index in [0.717, 1.165) is 19.2 Å². The van der Waals surface area contributed by atoms with E-state index in [0.29, 0.717) is 6.04 Å². The minimum atomic E-state index is 0.709.